The lowest BCUT2D eigenvalue weighted by Crippen LogP contribution is -2.52. The summed E-state index contributed by atoms with van der Waals surface area (Å²) in [4.78, 5) is 14.3. The molecule has 1 unspecified atom stereocenters. The van der Waals surface area contributed by atoms with E-state index in [0.29, 0.717) is 18.8 Å². The molecule has 7 nitrogen and oxygen atoms in total. The van der Waals surface area contributed by atoms with E-state index in [1.54, 1.807) is 28.1 Å². The third-order valence-electron chi connectivity index (χ3n) is 3.75. The van der Waals surface area contributed by atoms with Gasteiger partial charge in [-0.05, 0) is 31.2 Å². The number of piperidine rings is 1. The molecule has 0 aromatic carbocycles. The van der Waals surface area contributed by atoms with E-state index in [2.05, 4.69) is 9.82 Å². The number of nitrogens with one attached hydrogen (secondary N) is 1. The summed E-state index contributed by atoms with van der Waals surface area (Å²) in [6.45, 7) is 2.42. The van der Waals surface area contributed by atoms with E-state index in [1.807, 2.05) is 13.0 Å². The van der Waals surface area contributed by atoms with Crippen molar-refractivity contribution in [1.29, 1.82) is 0 Å². The Morgan fingerprint density at radius 1 is 1.43 bits per heavy atom. The molecule has 0 spiro atoms. The van der Waals surface area contributed by atoms with Crippen LogP contribution in [0.15, 0.2) is 27.8 Å². The Balaban J connectivity index is 1.82. The maximum Gasteiger partial charge on any atom is 0.250 e. The van der Waals surface area contributed by atoms with E-state index in [1.165, 1.54) is 6.07 Å². The molecule has 0 aliphatic carbocycles. The van der Waals surface area contributed by atoms with E-state index in [9.17, 15) is 13.2 Å². The Bertz CT molecular complexity index is 811. The van der Waals surface area contributed by atoms with Gasteiger partial charge in [0.05, 0.1) is 5.69 Å². The second-order valence-electron chi connectivity index (χ2n) is 5.51. The summed E-state index contributed by atoms with van der Waals surface area (Å²) >= 11 is 1.13. The average Bonchev–Trinajstić information content (AvgIpc) is 3.11. The molecule has 1 saturated heterocycles. The zero-order valence-electron chi connectivity index (χ0n) is 12.9. The number of sulfonamides is 1. The van der Waals surface area contributed by atoms with Crippen molar-refractivity contribution in [3.05, 3.63) is 29.3 Å². The molecule has 0 saturated carbocycles. The van der Waals surface area contributed by atoms with Crippen LogP contribution in [0, 0.1) is 6.92 Å². The van der Waals surface area contributed by atoms with Gasteiger partial charge in [-0.25, -0.2) is 8.42 Å². The topological polar surface area (TPSA) is 84.3 Å². The normalized spacial score (nSPS) is 19.3. The molecule has 1 N–H and O–H groups in total. The van der Waals surface area contributed by atoms with Gasteiger partial charge >= 0.3 is 0 Å². The van der Waals surface area contributed by atoms with Crippen molar-refractivity contribution in [3.63, 3.8) is 0 Å². The molecule has 23 heavy (non-hydrogen) atoms. The largest absolute Gasteiger partial charge is 0.296 e. The number of amides is 1. The van der Waals surface area contributed by atoms with Gasteiger partial charge in [0.15, 0.2) is 0 Å². The fourth-order valence-electron chi connectivity index (χ4n) is 2.72. The Morgan fingerprint density at radius 3 is 2.83 bits per heavy atom. The van der Waals surface area contributed by atoms with Gasteiger partial charge in [0.1, 0.15) is 16.1 Å². The Hall–Kier alpha value is -1.71. The summed E-state index contributed by atoms with van der Waals surface area (Å²) in [5, 5.41) is 5.94. The molecule has 0 radical (unpaired) electrons. The summed E-state index contributed by atoms with van der Waals surface area (Å²) in [6, 6.07) is 4.29. The second-order valence-corrected chi connectivity index (χ2v) is 8.39. The molecule has 124 valence electrons. The highest BCUT2D eigenvalue weighted by Crippen LogP contribution is 2.23. The summed E-state index contributed by atoms with van der Waals surface area (Å²) in [5.74, 6) is 0.451. The molecule has 3 rings (SSSR count). The standard InChI is InChI=1S/C14H18N4O3S2/c1-10-9-12(17(2)15-10)18-7-3-5-11(14(18)19)16-23(20,21)13-6-4-8-22-13/h4,6,8-9,11,16H,3,5,7H2,1-2H3. The minimum Gasteiger partial charge on any atom is -0.296 e. The van der Waals surface area contributed by atoms with Crippen LogP contribution in [0.4, 0.5) is 5.82 Å². The van der Waals surface area contributed by atoms with Crippen molar-refractivity contribution in [3.8, 4) is 0 Å². The summed E-state index contributed by atoms with van der Waals surface area (Å²) in [7, 11) is -1.89. The van der Waals surface area contributed by atoms with Gasteiger partial charge < -0.3 is 0 Å². The van der Waals surface area contributed by atoms with E-state index < -0.39 is 16.1 Å². The van der Waals surface area contributed by atoms with Gasteiger partial charge in [-0.1, -0.05) is 6.07 Å². The molecular weight excluding hydrogens is 336 g/mol. The minimum absolute atomic E-state index is 0.221. The minimum atomic E-state index is -3.66. The van der Waals surface area contributed by atoms with Gasteiger partial charge in [0, 0.05) is 19.7 Å². The quantitative estimate of drug-likeness (QED) is 0.896. The van der Waals surface area contributed by atoms with Crippen LogP contribution in [0.2, 0.25) is 0 Å². The molecule has 2 aromatic heterocycles. The molecule has 1 aliphatic rings. The van der Waals surface area contributed by atoms with Crippen LogP contribution in [0.1, 0.15) is 18.5 Å². The molecular formula is C14H18N4O3S2. The second kappa shape index (κ2) is 6.06. The summed E-state index contributed by atoms with van der Waals surface area (Å²) < 4.78 is 29.1. The Morgan fingerprint density at radius 2 is 2.22 bits per heavy atom. The lowest BCUT2D eigenvalue weighted by Gasteiger charge is -2.32. The van der Waals surface area contributed by atoms with Crippen molar-refractivity contribution in [2.24, 2.45) is 7.05 Å². The maximum atomic E-state index is 12.7. The third-order valence-corrected chi connectivity index (χ3v) is 6.62. The maximum absolute atomic E-state index is 12.7. The van der Waals surface area contributed by atoms with E-state index in [0.717, 1.165) is 23.5 Å². The SMILES string of the molecule is Cc1cc(N2CCCC(NS(=O)(=O)c3cccs3)C2=O)n(C)n1. The monoisotopic (exact) mass is 354 g/mol. The van der Waals surface area contributed by atoms with Crippen molar-refractivity contribution < 1.29 is 13.2 Å². The van der Waals surface area contributed by atoms with Crippen LogP contribution in [-0.2, 0) is 21.9 Å². The lowest BCUT2D eigenvalue weighted by atomic mass is 10.1. The highest BCUT2D eigenvalue weighted by molar-refractivity contribution is 7.91. The molecule has 9 heteroatoms. The number of carbonyl (C=O) groups is 1. The zero-order valence-corrected chi connectivity index (χ0v) is 14.5. The van der Waals surface area contributed by atoms with Gasteiger partial charge in [0.2, 0.25) is 5.91 Å². The Labute approximate surface area is 139 Å². The van der Waals surface area contributed by atoms with Crippen molar-refractivity contribution in [2.45, 2.75) is 30.0 Å². The van der Waals surface area contributed by atoms with Gasteiger partial charge in [-0.3, -0.25) is 14.4 Å². The zero-order chi connectivity index (χ0) is 16.6. The predicted octanol–water partition coefficient (Wildman–Crippen LogP) is 1.26. The predicted molar refractivity (Wildman–Crippen MR) is 88.0 cm³/mol. The van der Waals surface area contributed by atoms with Gasteiger partial charge in [0.25, 0.3) is 10.0 Å². The molecule has 1 aliphatic heterocycles. The lowest BCUT2D eigenvalue weighted by molar-refractivity contribution is -0.121. The number of nitrogens with zero attached hydrogens (tertiary/aromatic N) is 3. The van der Waals surface area contributed by atoms with E-state index in [-0.39, 0.29) is 10.1 Å². The molecule has 3 heterocycles. The average molecular weight is 354 g/mol. The third kappa shape index (κ3) is 3.17. The first-order valence-corrected chi connectivity index (χ1v) is 9.62. The van der Waals surface area contributed by atoms with E-state index >= 15 is 0 Å². The highest BCUT2D eigenvalue weighted by atomic mass is 32.2. The number of aryl methyl sites for hydroxylation is 2. The fraction of sp³-hybridized carbons (Fsp3) is 0.429. The van der Waals surface area contributed by atoms with Crippen molar-refractivity contribution >= 4 is 33.1 Å². The molecule has 2 aromatic rings. The van der Waals surface area contributed by atoms with Crippen LogP contribution in [0.3, 0.4) is 0 Å². The number of carbonyl (C=O) groups excluding carboxylic acids is 1. The number of hydrogen-bond acceptors (Lipinski definition) is 5. The number of anilines is 1. The first-order valence-electron chi connectivity index (χ1n) is 7.26. The van der Waals surface area contributed by atoms with Crippen LogP contribution in [-0.4, -0.2) is 36.7 Å². The number of thiophene rings is 1. The highest BCUT2D eigenvalue weighted by Gasteiger charge is 2.34. The van der Waals surface area contributed by atoms with Crippen LogP contribution < -0.4 is 9.62 Å². The van der Waals surface area contributed by atoms with Gasteiger partial charge in [-0.15, -0.1) is 11.3 Å². The molecule has 0 bridgehead atoms. The van der Waals surface area contributed by atoms with Crippen molar-refractivity contribution in [1.82, 2.24) is 14.5 Å². The van der Waals surface area contributed by atoms with Crippen LogP contribution in [0.5, 0.6) is 0 Å². The van der Waals surface area contributed by atoms with Gasteiger partial charge in [-0.2, -0.15) is 9.82 Å². The van der Waals surface area contributed by atoms with E-state index in [4.69, 9.17) is 0 Å². The Kier molecular flexibility index (Phi) is 4.26. The molecule has 1 amide bonds. The summed E-state index contributed by atoms with van der Waals surface area (Å²) in [5.41, 5.74) is 0.816. The van der Waals surface area contributed by atoms with Crippen LogP contribution in [0.25, 0.3) is 0 Å². The first-order chi connectivity index (χ1) is 10.9. The number of rotatable bonds is 4. The summed E-state index contributed by atoms with van der Waals surface area (Å²) in [6.07, 6.45) is 1.23. The van der Waals surface area contributed by atoms with Crippen LogP contribution >= 0.6 is 11.3 Å². The molecule has 1 atom stereocenters. The van der Waals surface area contributed by atoms with Crippen molar-refractivity contribution in [2.75, 3.05) is 11.4 Å². The first kappa shape index (κ1) is 16.2. The number of aromatic nitrogens is 2. The number of hydrogen-bond donors (Lipinski definition) is 1. The smallest absolute Gasteiger partial charge is 0.250 e. The molecule has 1 fully saturated rings. The fourth-order valence-corrected chi connectivity index (χ4v) is 4.96.